The molecule has 0 unspecified atom stereocenters. The molecule has 210 valence electrons. The Morgan fingerprint density at radius 3 is 2.48 bits per heavy atom. The minimum atomic E-state index is -2.83. The van der Waals surface area contributed by atoms with Crippen LogP contribution in [0.15, 0.2) is 60.9 Å². The van der Waals surface area contributed by atoms with Gasteiger partial charge in [-0.2, -0.15) is 0 Å². The van der Waals surface area contributed by atoms with Crippen LogP contribution in [0.25, 0.3) is 0 Å². The van der Waals surface area contributed by atoms with E-state index < -0.39 is 70.1 Å². The molecule has 40 heavy (non-hydrogen) atoms. The first-order valence-corrected chi connectivity index (χ1v) is 12.9. The Labute approximate surface area is 230 Å². The van der Waals surface area contributed by atoms with Gasteiger partial charge in [0.15, 0.2) is 5.60 Å². The van der Waals surface area contributed by atoms with Crippen LogP contribution >= 0.6 is 11.6 Å². The van der Waals surface area contributed by atoms with Crippen molar-refractivity contribution in [3.8, 4) is 0 Å². The molecular weight excluding hydrogens is 557 g/mol. The number of pyridine rings is 1. The number of amides is 2. The van der Waals surface area contributed by atoms with Crippen LogP contribution in [0.5, 0.6) is 0 Å². The van der Waals surface area contributed by atoms with Crippen molar-refractivity contribution < 1.29 is 36.6 Å². The minimum Gasteiger partial charge on any atom is -0.372 e. The molecule has 1 fully saturated rings. The van der Waals surface area contributed by atoms with Crippen LogP contribution in [0.2, 0.25) is 0 Å². The van der Waals surface area contributed by atoms with E-state index in [0.717, 1.165) is 29.2 Å². The zero-order valence-electron chi connectivity index (χ0n) is 20.7. The number of rotatable bonds is 6. The Kier molecular flexibility index (Phi) is 7.54. The first-order chi connectivity index (χ1) is 19.0. The maximum absolute atomic E-state index is 14.8. The Morgan fingerprint density at radius 2 is 1.80 bits per heavy atom. The number of aromatic nitrogens is 1. The van der Waals surface area contributed by atoms with E-state index in [2.05, 4.69) is 10.3 Å². The maximum atomic E-state index is 14.8. The van der Waals surface area contributed by atoms with E-state index in [-0.39, 0.29) is 36.2 Å². The molecule has 2 heterocycles. The van der Waals surface area contributed by atoms with Gasteiger partial charge in [0.1, 0.15) is 17.5 Å². The lowest BCUT2D eigenvalue weighted by atomic mass is 9.77. The second kappa shape index (κ2) is 10.8. The third kappa shape index (κ3) is 4.92. The summed E-state index contributed by atoms with van der Waals surface area (Å²) in [5, 5.41) is 13.3. The number of nitrogens with zero attached hydrogens (tertiary/aromatic N) is 2. The van der Waals surface area contributed by atoms with Crippen LogP contribution in [0.1, 0.15) is 34.3 Å². The molecule has 0 saturated heterocycles. The smallest absolute Gasteiger partial charge is 0.268 e. The molecule has 0 spiro atoms. The topological polar surface area (TPSA) is 82.5 Å². The highest BCUT2D eigenvalue weighted by atomic mass is 35.5. The van der Waals surface area contributed by atoms with Gasteiger partial charge in [0.25, 0.3) is 11.8 Å². The highest BCUT2D eigenvalue weighted by molar-refractivity contribution is 6.21. The SMILES string of the molecule is O=C(N[C@@H]1C[C@@H](Cl)[C@@H](CN2C(=O)[C@](O)(c3cc(F)ccc3F)c3cc(F)ccc32)C[C@H]1C(F)F)c1cccnc1. The number of hydrogen-bond donors (Lipinski definition) is 2. The number of carbonyl (C=O) groups is 2. The van der Waals surface area contributed by atoms with Crippen molar-refractivity contribution in [1.82, 2.24) is 10.3 Å². The second-order valence-corrected chi connectivity index (χ2v) is 10.5. The van der Waals surface area contributed by atoms with E-state index in [0.29, 0.717) is 6.07 Å². The number of carbonyl (C=O) groups excluding carboxylic acids is 2. The van der Waals surface area contributed by atoms with Crippen molar-refractivity contribution in [2.75, 3.05) is 11.4 Å². The summed E-state index contributed by atoms with van der Waals surface area (Å²) in [7, 11) is 0. The average molecular weight is 580 g/mol. The molecule has 0 radical (unpaired) electrons. The van der Waals surface area contributed by atoms with E-state index in [4.69, 9.17) is 11.6 Å². The number of halogens is 6. The molecule has 12 heteroatoms. The zero-order chi connectivity index (χ0) is 28.8. The Hall–Kier alpha value is -3.57. The standard InChI is InChI=1S/C28H23ClF5N3O3/c29-21-11-23(36-26(38)14-2-1-7-35-12-14)18(25(33)34)8-15(21)13-37-24-6-4-17(31)10-20(24)28(40,27(37)39)19-9-16(30)3-5-22(19)32/h1-7,9-10,12,15,18,21,23,25,40H,8,11,13H2,(H,36,38)/t15-,18-,21-,23-,28+/m1/s1. The summed E-state index contributed by atoms with van der Waals surface area (Å²) >= 11 is 6.61. The lowest BCUT2D eigenvalue weighted by Gasteiger charge is -2.40. The Morgan fingerprint density at radius 1 is 1.10 bits per heavy atom. The van der Waals surface area contributed by atoms with Crippen LogP contribution in [0.4, 0.5) is 27.6 Å². The minimum absolute atomic E-state index is 0.0158. The van der Waals surface area contributed by atoms with Crippen LogP contribution in [0, 0.1) is 29.3 Å². The lowest BCUT2D eigenvalue weighted by Crippen LogP contribution is -2.52. The molecule has 0 bridgehead atoms. The van der Waals surface area contributed by atoms with Crippen molar-refractivity contribution in [2.45, 2.75) is 36.3 Å². The number of fused-ring (bicyclic) bond motifs is 1. The maximum Gasteiger partial charge on any atom is 0.268 e. The Balaban J connectivity index is 1.43. The number of nitrogens with one attached hydrogen (secondary N) is 1. The third-order valence-corrected chi connectivity index (χ3v) is 8.11. The number of hydrogen-bond acceptors (Lipinski definition) is 4. The van der Waals surface area contributed by atoms with Gasteiger partial charge < -0.3 is 15.3 Å². The molecular formula is C28H23ClF5N3O3. The highest BCUT2D eigenvalue weighted by Crippen LogP contribution is 2.47. The molecule has 5 atom stereocenters. The predicted molar refractivity (Wildman–Crippen MR) is 135 cm³/mol. The van der Waals surface area contributed by atoms with Gasteiger partial charge in [0, 0.05) is 47.4 Å². The average Bonchev–Trinajstić information content (AvgIpc) is 3.13. The quantitative estimate of drug-likeness (QED) is 0.325. The molecule has 2 aliphatic rings. The van der Waals surface area contributed by atoms with E-state index in [1.165, 1.54) is 30.6 Å². The molecule has 6 nitrogen and oxygen atoms in total. The van der Waals surface area contributed by atoms with Crippen molar-refractivity contribution in [1.29, 1.82) is 0 Å². The van der Waals surface area contributed by atoms with E-state index in [1.807, 2.05) is 0 Å². The molecule has 5 rings (SSSR count). The van der Waals surface area contributed by atoms with Crippen LogP contribution in [-0.4, -0.2) is 46.3 Å². The van der Waals surface area contributed by atoms with Gasteiger partial charge in [0.2, 0.25) is 6.43 Å². The summed E-state index contributed by atoms with van der Waals surface area (Å²) in [5.74, 6) is -6.59. The second-order valence-electron chi connectivity index (χ2n) is 9.98. The predicted octanol–water partition coefficient (Wildman–Crippen LogP) is 4.78. The third-order valence-electron chi connectivity index (χ3n) is 7.58. The van der Waals surface area contributed by atoms with E-state index >= 15 is 0 Å². The van der Waals surface area contributed by atoms with Gasteiger partial charge in [-0.25, -0.2) is 22.0 Å². The van der Waals surface area contributed by atoms with Crippen molar-refractivity contribution in [3.63, 3.8) is 0 Å². The number of alkyl halides is 3. The van der Waals surface area contributed by atoms with Crippen LogP contribution in [0.3, 0.4) is 0 Å². The normalized spacial score (nSPS) is 26.2. The molecule has 1 aliphatic heterocycles. The summed E-state index contributed by atoms with van der Waals surface area (Å²) in [6.07, 6.45) is -0.307. The number of benzene rings is 2. The fourth-order valence-corrected chi connectivity index (χ4v) is 5.93. The fraction of sp³-hybridized carbons (Fsp3) is 0.321. The molecule has 1 aliphatic carbocycles. The molecule has 1 aromatic heterocycles. The van der Waals surface area contributed by atoms with Crippen LogP contribution < -0.4 is 10.2 Å². The van der Waals surface area contributed by atoms with Crippen molar-refractivity contribution in [2.24, 2.45) is 11.8 Å². The van der Waals surface area contributed by atoms with E-state index in [1.54, 1.807) is 0 Å². The summed E-state index contributed by atoms with van der Waals surface area (Å²) < 4.78 is 71.4. The monoisotopic (exact) mass is 579 g/mol. The summed E-state index contributed by atoms with van der Waals surface area (Å²) in [6, 6.07) is 7.32. The molecule has 2 N–H and O–H groups in total. The largest absolute Gasteiger partial charge is 0.372 e. The molecule has 2 amide bonds. The summed E-state index contributed by atoms with van der Waals surface area (Å²) in [4.78, 5) is 31.1. The van der Waals surface area contributed by atoms with Crippen LogP contribution in [-0.2, 0) is 10.4 Å². The van der Waals surface area contributed by atoms with Gasteiger partial charge in [-0.3, -0.25) is 14.6 Å². The summed E-state index contributed by atoms with van der Waals surface area (Å²) in [5.41, 5.74) is -3.57. The van der Waals surface area contributed by atoms with E-state index in [9.17, 15) is 36.6 Å². The van der Waals surface area contributed by atoms with Gasteiger partial charge in [0.05, 0.1) is 11.3 Å². The molecule has 2 aromatic carbocycles. The number of anilines is 1. The van der Waals surface area contributed by atoms with Crippen molar-refractivity contribution in [3.05, 3.63) is 95.1 Å². The fourth-order valence-electron chi connectivity index (χ4n) is 5.56. The lowest BCUT2D eigenvalue weighted by molar-refractivity contribution is -0.132. The molecule has 1 saturated carbocycles. The van der Waals surface area contributed by atoms with Gasteiger partial charge >= 0.3 is 0 Å². The first kappa shape index (κ1) is 28.0. The van der Waals surface area contributed by atoms with Crippen molar-refractivity contribution >= 4 is 29.1 Å². The van der Waals surface area contributed by atoms with Gasteiger partial charge in [-0.15, -0.1) is 11.6 Å². The zero-order valence-corrected chi connectivity index (χ0v) is 21.5. The van der Waals surface area contributed by atoms with Gasteiger partial charge in [-0.05, 0) is 67.3 Å². The first-order valence-electron chi connectivity index (χ1n) is 12.4. The molecule has 3 aromatic rings. The summed E-state index contributed by atoms with van der Waals surface area (Å²) in [6.45, 7) is -0.266. The Bertz CT molecular complexity index is 1450. The van der Waals surface area contributed by atoms with Gasteiger partial charge in [-0.1, -0.05) is 0 Å². The number of aliphatic hydroxyl groups is 1. The highest BCUT2D eigenvalue weighted by Gasteiger charge is 2.54.